The van der Waals surface area contributed by atoms with Crippen molar-refractivity contribution in [1.82, 2.24) is 15.2 Å². The van der Waals surface area contributed by atoms with Gasteiger partial charge < -0.3 is 15.0 Å². The Morgan fingerprint density at radius 2 is 2.05 bits per heavy atom. The monoisotopic (exact) mass is 299 g/mol. The Morgan fingerprint density at radius 3 is 2.57 bits per heavy atom. The predicted molar refractivity (Wildman–Crippen MR) is 73.1 cm³/mol. The number of ether oxygens (including phenoxy) is 1. The summed E-state index contributed by atoms with van der Waals surface area (Å²) in [6, 6.07) is 2.74. The quantitative estimate of drug-likeness (QED) is 0.931. The van der Waals surface area contributed by atoms with Crippen LogP contribution in [0.15, 0.2) is 24.5 Å². The molecule has 2 atom stereocenters. The first kappa shape index (κ1) is 15.6. The van der Waals surface area contributed by atoms with Crippen LogP contribution in [0, 0.1) is 0 Å². The van der Waals surface area contributed by atoms with Crippen molar-refractivity contribution in [2.75, 3.05) is 20.3 Å². The lowest BCUT2D eigenvalue weighted by atomic mass is 9.98. The molecule has 1 aromatic rings. The van der Waals surface area contributed by atoms with E-state index >= 15 is 0 Å². The van der Waals surface area contributed by atoms with E-state index in [2.05, 4.69) is 10.3 Å². The Kier molecular flexibility index (Phi) is 4.13. The average Bonchev–Trinajstić information content (AvgIpc) is 2.71. The third-order valence-electron chi connectivity index (χ3n) is 3.95. The maximum atomic E-state index is 13.8. The number of amides is 2. The van der Waals surface area contributed by atoms with Crippen molar-refractivity contribution in [2.24, 2.45) is 0 Å². The van der Waals surface area contributed by atoms with Crippen molar-refractivity contribution in [3.63, 3.8) is 0 Å². The molecule has 7 heteroatoms. The number of halogens is 2. The Bertz CT molecular complexity index is 512. The number of urea groups is 1. The van der Waals surface area contributed by atoms with Crippen molar-refractivity contribution >= 4 is 6.03 Å². The normalized spacial score (nSPS) is 25.4. The molecule has 0 aliphatic carbocycles. The standard InChI is InChI=1S/C14H19F2N3O2/c1-10(11-4-6-17-7-5-11)19(3)12(20)18-13(2)8-21-9-14(13,15)16/h4-7,10H,8-9H2,1-3H3,(H,18,20)/t10-,13-/m0/s1. The highest BCUT2D eigenvalue weighted by Crippen LogP contribution is 2.35. The molecule has 2 heterocycles. The van der Waals surface area contributed by atoms with Gasteiger partial charge in [0, 0.05) is 19.4 Å². The molecule has 5 nitrogen and oxygen atoms in total. The SMILES string of the molecule is C[C@@H](c1ccncc1)N(C)C(=O)N[C@@]1(C)COCC1(F)F. The molecule has 0 aromatic carbocycles. The second-order valence-corrected chi connectivity index (χ2v) is 5.53. The van der Waals surface area contributed by atoms with Gasteiger partial charge in [-0.1, -0.05) is 0 Å². The van der Waals surface area contributed by atoms with Crippen LogP contribution in [-0.2, 0) is 4.74 Å². The van der Waals surface area contributed by atoms with Crippen molar-refractivity contribution in [2.45, 2.75) is 31.4 Å². The minimum atomic E-state index is -3.08. The highest BCUT2D eigenvalue weighted by molar-refractivity contribution is 5.75. The fraction of sp³-hybridized carbons (Fsp3) is 0.571. The molecule has 116 valence electrons. The van der Waals surface area contributed by atoms with Gasteiger partial charge in [0.2, 0.25) is 0 Å². The second kappa shape index (κ2) is 5.55. The molecule has 0 saturated carbocycles. The molecule has 1 saturated heterocycles. The zero-order valence-electron chi connectivity index (χ0n) is 12.3. The molecule has 0 bridgehead atoms. The molecular weight excluding hydrogens is 280 g/mol. The maximum absolute atomic E-state index is 13.8. The first-order valence-electron chi connectivity index (χ1n) is 6.67. The van der Waals surface area contributed by atoms with Gasteiger partial charge in [-0.05, 0) is 31.5 Å². The number of nitrogens with zero attached hydrogens (tertiary/aromatic N) is 2. The number of aromatic nitrogens is 1. The maximum Gasteiger partial charge on any atom is 0.318 e. The van der Waals surface area contributed by atoms with E-state index in [1.54, 1.807) is 31.6 Å². The lowest BCUT2D eigenvalue weighted by Crippen LogP contribution is -2.60. The molecular formula is C14H19F2N3O2. The average molecular weight is 299 g/mol. The van der Waals surface area contributed by atoms with Gasteiger partial charge in [-0.2, -0.15) is 0 Å². The predicted octanol–water partition coefficient (Wildman–Crippen LogP) is 2.21. The van der Waals surface area contributed by atoms with E-state index in [1.807, 2.05) is 6.92 Å². The summed E-state index contributed by atoms with van der Waals surface area (Å²) >= 11 is 0. The van der Waals surface area contributed by atoms with Crippen LogP contribution < -0.4 is 5.32 Å². The Morgan fingerprint density at radius 1 is 1.43 bits per heavy atom. The summed E-state index contributed by atoms with van der Waals surface area (Å²) in [4.78, 5) is 17.5. The smallest absolute Gasteiger partial charge is 0.318 e. The fourth-order valence-corrected chi connectivity index (χ4v) is 2.14. The number of pyridine rings is 1. The summed E-state index contributed by atoms with van der Waals surface area (Å²) in [7, 11) is 1.57. The molecule has 0 spiro atoms. The van der Waals surface area contributed by atoms with Crippen LogP contribution in [0.3, 0.4) is 0 Å². The van der Waals surface area contributed by atoms with E-state index in [4.69, 9.17) is 4.74 Å². The van der Waals surface area contributed by atoms with Gasteiger partial charge in [-0.25, -0.2) is 13.6 Å². The Hall–Kier alpha value is -1.76. The molecule has 1 aliphatic heterocycles. The van der Waals surface area contributed by atoms with Gasteiger partial charge in [-0.15, -0.1) is 0 Å². The summed E-state index contributed by atoms with van der Waals surface area (Å²) in [6.07, 6.45) is 3.25. The van der Waals surface area contributed by atoms with Crippen LogP contribution in [0.25, 0.3) is 0 Å². The second-order valence-electron chi connectivity index (χ2n) is 5.53. The lowest BCUT2D eigenvalue weighted by molar-refractivity contribution is -0.0522. The first-order valence-corrected chi connectivity index (χ1v) is 6.67. The Balaban J connectivity index is 2.07. The minimum absolute atomic E-state index is 0.205. The van der Waals surface area contributed by atoms with Crippen LogP contribution >= 0.6 is 0 Å². The van der Waals surface area contributed by atoms with Crippen LogP contribution in [0.1, 0.15) is 25.5 Å². The van der Waals surface area contributed by atoms with Crippen LogP contribution in [-0.4, -0.2) is 47.6 Å². The topological polar surface area (TPSA) is 54.5 Å². The summed E-state index contributed by atoms with van der Waals surface area (Å²) in [5.41, 5.74) is -0.807. The van der Waals surface area contributed by atoms with Crippen molar-refractivity contribution in [3.05, 3.63) is 30.1 Å². The van der Waals surface area contributed by atoms with E-state index < -0.39 is 24.1 Å². The van der Waals surface area contributed by atoms with E-state index in [-0.39, 0.29) is 12.6 Å². The van der Waals surface area contributed by atoms with E-state index in [1.165, 1.54) is 11.8 Å². The van der Waals surface area contributed by atoms with Gasteiger partial charge in [0.05, 0.1) is 12.6 Å². The zero-order valence-corrected chi connectivity index (χ0v) is 12.3. The number of carbonyl (C=O) groups is 1. The van der Waals surface area contributed by atoms with Gasteiger partial charge in [0.25, 0.3) is 5.92 Å². The molecule has 21 heavy (non-hydrogen) atoms. The van der Waals surface area contributed by atoms with Crippen LogP contribution in [0.4, 0.5) is 13.6 Å². The van der Waals surface area contributed by atoms with E-state index in [0.29, 0.717) is 0 Å². The van der Waals surface area contributed by atoms with Gasteiger partial charge in [0.15, 0.2) is 0 Å². The number of alkyl halides is 2. The van der Waals surface area contributed by atoms with Gasteiger partial charge in [-0.3, -0.25) is 4.98 Å². The molecule has 1 aromatic heterocycles. The molecule has 0 unspecified atom stereocenters. The largest absolute Gasteiger partial charge is 0.372 e. The number of nitrogens with one attached hydrogen (secondary N) is 1. The van der Waals surface area contributed by atoms with E-state index in [9.17, 15) is 13.6 Å². The highest BCUT2D eigenvalue weighted by atomic mass is 19.3. The molecule has 0 radical (unpaired) electrons. The van der Waals surface area contributed by atoms with Gasteiger partial charge in [0.1, 0.15) is 12.1 Å². The van der Waals surface area contributed by atoms with Crippen LogP contribution in [0.2, 0.25) is 0 Å². The van der Waals surface area contributed by atoms with Gasteiger partial charge >= 0.3 is 6.03 Å². The molecule has 2 amide bonds. The molecule has 1 fully saturated rings. The lowest BCUT2D eigenvalue weighted by Gasteiger charge is -2.34. The fourth-order valence-electron chi connectivity index (χ4n) is 2.14. The summed E-state index contributed by atoms with van der Waals surface area (Å²) in [5, 5.41) is 2.39. The summed E-state index contributed by atoms with van der Waals surface area (Å²) in [6.45, 7) is 2.24. The molecule has 1 aliphatic rings. The number of rotatable bonds is 3. The number of hydrogen-bond acceptors (Lipinski definition) is 3. The number of carbonyl (C=O) groups excluding carboxylic acids is 1. The zero-order chi connectivity index (χ0) is 15.7. The molecule has 1 N–H and O–H groups in total. The third kappa shape index (κ3) is 2.97. The van der Waals surface area contributed by atoms with Crippen molar-refractivity contribution in [3.8, 4) is 0 Å². The van der Waals surface area contributed by atoms with Crippen LogP contribution in [0.5, 0.6) is 0 Å². The molecule has 2 rings (SSSR count). The minimum Gasteiger partial charge on any atom is -0.372 e. The summed E-state index contributed by atoms with van der Waals surface area (Å²) < 4.78 is 32.4. The van der Waals surface area contributed by atoms with Crippen molar-refractivity contribution in [1.29, 1.82) is 0 Å². The van der Waals surface area contributed by atoms with E-state index in [0.717, 1.165) is 5.56 Å². The summed E-state index contributed by atoms with van der Waals surface area (Å²) in [5.74, 6) is -3.08. The third-order valence-corrected chi connectivity index (χ3v) is 3.95. The highest BCUT2D eigenvalue weighted by Gasteiger charge is 2.56. The number of hydrogen-bond donors (Lipinski definition) is 1. The Labute approximate surface area is 122 Å². The van der Waals surface area contributed by atoms with Crippen molar-refractivity contribution < 1.29 is 18.3 Å². The first-order chi connectivity index (χ1) is 9.77.